The van der Waals surface area contributed by atoms with E-state index in [0.29, 0.717) is 5.02 Å². The Bertz CT molecular complexity index is 713. The van der Waals surface area contributed by atoms with Crippen molar-refractivity contribution in [1.82, 2.24) is 4.98 Å². The van der Waals surface area contributed by atoms with Crippen LogP contribution < -0.4 is 0 Å². The van der Waals surface area contributed by atoms with Crippen molar-refractivity contribution in [2.75, 3.05) is 0 Å². The third-order valence-electron chi connectivity index (χ3n) is 2.82. The van der Waals surface area contributed by atoms with Crippen LogP contribution in [-0.2, 0) is 0 Å². The van der Waals surface area contributed by atoms with E-state index in [0.717, 1.165) is 22.2 Å². The van der Waals surface area contributed by atoms with E-state index < -0.39 is 0 Å². The van der Waals surface area contributed by atoms with Crippen molar-refractivity contribution in [1.29, 1.82) is 0 Å². The maximum Gasteiger partial charge on any atom is 0.0816 e. The average Bonchev–Trinajstić information content (AvgIpc) is 2.81. The van der Waals surface area contributed by atoms with Gasteiger partial charge in [-0.3, -0.25) is 4.99 Å². The molecule has 0 spiro atoms. The zero-order valence-corrected chi connectivity index (χ0v) is 10.4. The summed E-state index contributed by atoms with van der Waals surface area (Å²) in [5, 5.41) is 1.82. The highest BCUT2D eigenvalue weighted by molar-refractivity contribution is 6.33. The molecule has 0 amide bonds. The van der Waals surface area contributed by atoms with Crippen molar-refractivity contribution in [3.8, 4) is 0 Å². The molecule has 1 heterocycles. The molecule has 0 aliphatic heterocycles. The second-order valence-corrected chi connectivity index (χ2v) is 4.41. The fourth-order valence-corrected chi connectivity index (χ4v) is 2.08. The number of aliphatic imine (C=N–C) groups is 1. The van der Waals surface area contributed by atoms with Gasteiger partial charge in [0.1, 0.15) is 0 Å². The molecule has 88 valence electrons. The molecule has 2 nitrogen and oxygen atoms in total. The highest BCUT2D eigenvalue weighted by atomic mass is 35.5. The van der Waals surface area contributed by atoms with E-state index in [1.165, 1.54) is 0 Å². The molecule has 0 atom stereocenters. The molecule has 0 radical (unpaired) electrons. The van der Waals surface area contributed by atoms with Crippen molar-refractivity contribution < 1.29 is 0 Å². The molecule has 0 aliphatic rings. The smallest absolute Gasteiger partial charge is 0.0816 e. The van der Waals surface area contributed by atoms with Crippen LogP contribution in [0.25, 0.3) is 10.9 Å². The van der Waals surface area contributed by atoms with Gasteiger partial charge in [-0.2, -0.15) is 0 Å². The lowest BCUT2D eigenvalue weighted by atomic mass is 10.2. The maximum absolute atomic E-state index is 6.06. The van der Waals surface area contributed by atoms with E-state index in [2.05, 4.69) is 16.0 Å². The molecule has 0 saturated carbocycles. The summed E-state index contributed by atoms with van der Waals surface area (Å²) in [5.74, 6) is 0. The van der Waals surface area contributed by atoms with Gasteiger partial charge in [-0.25, -0.2) is 0 Å². The lowest BCUT2D eigenvalue weighted by Crippen LogP contribution is -1.77. The first kappa shape index (κ1) is 11.1. The minimum absolute atomic E-state index is 0.661. The second kappa shape index (κ2) is 4.67. The van der Waals surface area contributed by atoms with Crippen molar-refractivity contribution in [2.45, 2.75) is 0 Å². The number of aromatic amines is 1. The third-order valence-corrected chi connectivity index (χ3v) is 3.14. The topological polar surface area (TPSA) is 28.1 Å². The summed E-state index contributed by atoms with van der Waals surface area (Å²) in [5.41, 5.74) is 2.95. The molecule has 0 saturated heterocycles. The van der Waals surface area contributed by atoms with Gasteiger partial charge in [-0.1, -0.05) is 41.9 Å². The SMILES string of the molecule is Clc1ccccc1N=Cc1c[nH]c2ccccc12. The molecule has 0 fully saturated rings. The van der Waals surface area contributed by atoms with Gasteiger partial charge in [-0.05, 0) is 18.2 Å². The monoisotopic (exact) mass is 254 g/mol. The quantitative estimate of drug-likeness (QED) is 0.649. The summed E-state index contributed by atoms with van der Waals surface area (Å²) >= 11 is 6.06. The number of rotatable bonds is 2. The van der Waals surface area contributed by atoms with Crippen LogP contribution in [0, 0.1) is 0 Å². The van der Waals surface area contributed by atoms with Gasteiger partial charge in [0.15, 0.2) is 0 Å². The van der Waals surface area contributed by atoms with Gasteiger partial charge in [0.25, 0.3) is 0 Å². The van der Waals surface area contributed by atoms with Crippen molar-refractivity contribution >= 4 is 34.4 Å². The predicted molar refractivity (Wildman–Crippen MR) is 77.0 cm³/mol. The van der Waals surface area contributed by atoms with Crippen molar-refractivity contribution in [3.63, 3.8) is 0 Å². The van der Waals surface area contributed by atoms with Crippen LogP contribution in [0.5, 0.6) is 0 Å². The zero-order valence-electron chi connectivity index (χ0n) is 9.60. The van der Waals surface area contributed by atoms with Crippen molar-refractivity contribution in [2.24, 2.45) is 4.99 Å². The Hall–Kier alpha value is -2.06. The van der Waals surface area contributed by atoms with Crippen LogP contribution in [0.4, 0.5) is 5.69 Å². The Morgan fingerprint density at radius 2 is 1.78 bits per heavy atom. The van der Waals surface area contributed by atoms with Crippen LogP contribution in [0.1, 0.15) is 5.56 Å². The Morgan fingerprint density at radius 3 is 2.67 bits per heavy atom. The van der Waals surface area contributed by atoms with Gasteiger partial charge in [0.2, 0.25) is 0 Å². The first-order valence-electron chi connectivity index (χ1n) is 5.69. The van der Waals surface area contributed by atoms with Crippen LogP contribution >= 0.6 is 11.6 Å². The van der Waals surface area contributed by atoms with Crippen molar-refractivity contribution in [3.05, 3.63) is 65.3 Å². The van der Waals surface area contributed by atoms with Gasteiger partial charge in [0, 0.05) is 28.9 Å². The predicted octanol–water partition coefficient (Wildman–Crippen LogP) is 4.57. The number of halogens is 1. The average molecular weight is 255 g/mol. The number of hydrogen-bond donors (Lipinski definition) is 1. The Morgan fingerprint density at radius 1 is 1.00 bits per heavy atom. The lowest BCUT2D eigenvalue weighted by molar-refractivity contribution is 1.47. The molecule has 3 aromatic rings. The summed E-state index contributed by atoms with van der Waals surface area (Å²) in [6, 6.07) is 15.7. The minimum Gasteiger partial charge on any atom is -0.361 e. The molecule has 0 unspecified atom stereocenters. The van der Waals surface area contributed by atoms with Gasteiger partial charge < -0.3 is 4.98 Å². The van der Waals surface area contributed by atoms with Crippen LogP contribution in [0.15, 0.2) is 59.7 Å². The summed E-state index contributed by atoms with van der Waals surface area (Å²) < 4.78 is 0. The normalized spacial score (nSPS) is 11.4. The maximum atomic E-state index is 6.06. The van der Waals surface area contributed by atoms with E-state index in [1.807, 2.05) is 54.9 Å². The first-order chi connectivity index (χ1) is 8.84. The number of aromatic nitrogens is 1. The number of H-pyrrole nitrogens is 1. The first-order valence-corrected chi connectivity index (χ1v) is 6.07. The van der Waals surface area contributed by atoms with Gasteiger partial charge >= 0.3 is 0 Å². The number of nitrogens with zero attached hydrogens (tertiary/aromatic N) is 1. The third kappa shape index (κ3) is 2.03. The summed E-state index contributed by atoms with van der Waals surface area (Å²) in [7, 11) is 0. The second-order valence-electron chi connectivity index (χ2n) is 4.00. The fourth-order valence-electron chi connectivity index (χ4n) is 1.90. The van der Waals surface area contributed by atoms with E-state index in [1.54, 1.807) is 0 Å². The molecular formula is C15H11ClN2. The standard InChI is InChI=1S/C15H11ClN2/c16-13-6-2-4-8-15(13)18-10-11-9-17-14-7-3-1-5-12(11)14/h1-10,17H. The van der Waals surface area contributed by atoms with Crippen LogP contribution in [0.2, 0.25) is 5.02 Å². The molecule has 2 aromatic carbocycles. The summed E-state index contributed by atoms with van der Waals surface area (Å²) in [6.45, 7) is 0. The fraction of sp³-hybridized carbons (Fsp3) is 0. The summed E-state index contributed by atoms with van der Waals surface area (Å²) in [4.78, 5) is 7.64. The summed E-state index contributed by atoms with van der Waals surface area (Å²) in [6.07, 6.45) is 3.78. The number of nitrogens with one attached hydrogen (secondary N) is 1. The number of hydrogen-bond acceptors (Lipinski definition) is 1. The van der Waals surface area contributed by atoms with Gasteiger partial charge in [-0.15, -0.1) is 0 Å². The molecule has 18 heavy (non-hydrogen) atoms. The Labute approximate surface area is 110 Å². The molecule has 0 bridgehead atoms. The largest absolute Gasteiger partial charge is 0.361 e. The zero-order chi connectivity index (χ0) is 12.4. The Balaban J connectivity index is 2.00. The minimum atomic E-state index is 0.661. The molecule has 0 aliphatic carbocycles. The molecule has 3 heteroatoms. The molecule has 1 aromatic heterocycles. The highest BCUT2D eigenvalue weighted by Crippen LogP contribution is 2.24. The van der Waals surface area contributed by atoms with Gasteiger partial charge in [0.05, 0.1) is 10.7 Å². The van der Waals surface area contributed by atoms with E-state index >= 15 is 0 Å². The molecule has 1 N–H and O–H groups in total. The number of para-hydroxylation sites is 2. The Kier molecular flexibility index (Phi) is 2.87. The van der Waals surface area contributed by atoms with E-state index in [4.69, 9.17) is 11.6 Å². The molecule has 3 rings (SSSR count). The number of benzene rings is 2. The number of fused-ring (bicyclic) bond motifs is 1. The molecular weight excluding hydrogens is 244 g/mol. The lowest BCUT2D eigenvalue weighted by Gasteiger charge is -1.96. The van der Waals surface area contributed by atoms with E-state index in [-0.39, 0.29) is 0 Å². The van der Waals surface area contributed by atoms with E-state index in [9.17, 15) is 0 Å². The highest BCUT2D eigenvalue weighted by Gasteiger charge is 2.00. The van der Waals surface area contributed by atoms with Crippen LogP contribution in [-0.4, -0.2) is 11.2 Å². The van der Waals surface area contributed by atoms with Crippen LogP contribution in [0.3, 0.4) is 0 Å².